The predicted octanol–water partition coefficient (Wildman–Crippen LogP) is 3.52. The van der Waals surface area contributed by atoms with Crippen LogP contribution in [-0.2, 0) is 0 Å². The summed E-state index contributed by atoms with van der Waals surface area (Å²) in [5, 5.41) is 5.18. The van der Waals surface area contributed by atoms with Crippen LogP contribution in [0.1, 0.15) is 10.5 Å². The van der Waals surface area contributed by atoms with E-state index in [1.165, 1.54) is 18.5 Å². The number of benzene rings is 2. The van der Waals surface area contributed by atoms with E-state index in [0.717, 1.165) is 12.1 Å². The zero-order valence-electron chi connectivity index (χ0n) is 14.4. The molecule has 3 aromatic rings. The maximum Gasteiger partial charge on any atom is 0.276 e. The standard InChI is InChI=1S/C19H14F2N4O3/c20-12-2-1-3-13(21)18(12)25-19(26)14-9-23-17(10-22-14)24-11-4-5-15-16(8-11)28-7-6-27-15/h1-5,8-10H,6-7H2,(H,23,24)(H,25,26). The predicted molar refractivity (Wildman–Crippen MR) is 97.1 cm³/mol. The van der Waals surface area contributed by atoms with Gasteiger partial charge in [0.15, 0.2) is 11.5 Å². The Morgan fingerprint density at radius 3 is 2.43 bits per heavy atom. The normalized spacial score (nSPS) is 12.4. The molecule has 0 fully saturated rings. The van der Waals surface area contributed by atoms with E-state index in [4.69, 9.17) is 9.47 Å². The summed E-state index contributed by atoms with van der Waals surface area (Å²) in [4.78, 5) is 20.2. The third-order valence-electron chi connectivity index (χ3n) is 3.90. The molecule has 2 aromatic carbocycles. The first-order chi connectivity index (χ1) is 13.6. The first kappa shape index (κ1) is 17.7. The molecule has 0 radical (unpaired) electrons. The Morgan fingerprint density at radius 1 is 0.964 bits per heavy atom. The quantitative estimate of drug-likeness (QED) is 0.716. The summed E-state index contributed by atoms with van der Waals surface area (Å²) in [7, 11) is 0. The van der Waals surface area contributed by atoms with Crippen LogP contribution in [0.4, 0.5) is 26.0 Å². The van der Waals surface area contributed by atoms with Crippen molar-refractivity contribution in [3.63, 3.8) is 0 Å². The van der Waals surface area contributed by atoms with Crippen molar-refractivity contribution in [1.29, 1.82) is 0 Å². The minimum atomic E-state index is -0.877. The van der Waals surface area contributed by atoms with Crippen LogP contribution in [0.2, 0.25) is 0 Å². The topological polar surface area (TPSA) is 85.4 Å². The Hall–Kier alpha value is -3.75. The van der Waals surface area contributed by atoms with Gasteiger partial charge in [-0.25, -0.2) is 18.7 Å². The number of hydrogen-bond donors (Lipinski definition) is 2. The average molecular weight is 384 g/mol. The number of rotatable bonds is 4. The van der Waals surface area contributed by atoms with Gasteiger partial charge >= 0.3 is 0 Å². The Bertz CT molecular complexity index is 1010. The summed E-state index contributed by atoms with van der Waals surface area (Å²) in [6.45, 7) is 0.980. The Balaban J connectivity index is 1.46. The van der Waals surface area contributed by atoms with Crippen molar-refractivity contribution in [1.82, 2.24) is 9.97 Å². The first-order valence-corrected chi connectivity index (χ1v) is 8.34. The van der Waals surface area contributed by atoms with Crippen LogP contribution in [0, 0.1) is 11.6 Å². The minimum absolute atomic E-state index is 0.0876. The molecule has 0 saturated heterocycles. The second kappa shape index (κ2) is 7.47. The van der Waals surface area contributed by atoms with Gasteiger partial charge in [-0.15, -0.1) is 0 Å². The van der Waals surface area contributed by atoms with E-state index in [2.05, 4.69) is 20.6 Å². The van der Waals surface area contributed by atoms with Gasteiger partial charge in [-0.2, -0.15) is 0 Å². The summed E-state index contributed by atoms with van der Waals surface area (Å²) in [5.74, 6) is -0.869. The molecule has 1 aliphatic rings. The summed E-state index contributed by atoms with van der Waals surface area (Å²) in [5.41, 5.74) is 0.0762. The van der Waals surface area contributed by atoms with Crippen molar-refractivity contribution >= 4 is 23.1 Å². The lowest BCUT2D eigenvalue weighted by atomic mass is 10.2. The van der Waals surface area contributed by atoms with E-state index in [-0.39, 0.29) is 5.69 Å². The highest BCUT2D eigenvalue weighted by atomic mass is 19.1. The molecule has 0 spiro atoms. The van der Waals surface area contributed by atoms with Gasteiger partial charge in [-0.3, -0.25) is 4.79 Å². The molecule has 0 bridgehead atoms. The van der Waals surface area contributed by atoms with E-state index in [9.17, 15) is 13.6 Å². The number of hydrogen-bond acceptors (Lipinski definition) is 6. The number of aromatic nitrogens is 2. The van der Waals surface area contributed by atoms with Crippen LogP contribution >= 0.6 is 0 Å². The van der Waals surface area contributed by atoms with E-state index >= 15 is 0 Å². The van der Waals surface area contributed by atoms with Gasteiger partial charge in [0.1, 0.15) is 42.0 Å². The lowest BCUT2D eigenvalue weighted by molar-refractivity contribution is 0.102. The number of anilines is 3. The fraction of sp³-hybridized carbons (Fsp3) is 0.105. The van der Waals surface area contributed by atoms with Crippen molar-refractivity contribution in [3.05, 3.63) is 66.1 Å². The van der Waals surface area contributed by atoms with Crippen LogP contribution in [0.25, 0.3) is 0 Å². The average Bonchev–Trinajstić information content (AvgIpc) is 2.71. The fourth-order valence-corrected chi connectivity index (χ4v) is 2.57. The molecule has 4 rings (SSSR count). The van der Waals surface area contributed by atoms with Gasteiger partial charge < -0.3 is 20.1 Å². The molecule has 9 heteroatoms. The zero-order chi connectivity index (χ0) is 19.5. The number of halogens is 2. The summed E-state index contributed by atoms with van der Waals surface area (Å²) >= 11 is 0. The van der Waals surface area contributed by atoms with Crippen LogP contribution in [0.3, 0.4) is 0 Å². The smallest absolute Gasteiger partial charge is 0.276 e. The van der Waals surface area contributed by atoms with Crippen molar-refractivity contribution < 1.29 is 23.0 Å². The largest absolute Gasteiger partial charge is 0.486 e. The highest BCUT2D eigenvalue weighted by Crippen LogP contribution is 2.33. The fourth-order valence-electron chi connectivity index (χ4n) is 2.57. The van der Waals surface area contributed by atoms with Gasteiger partial charge in [-0.1, -0.05) is 6.07 Å². The van der Waals surface area contributed by atoms with Crippen LogP contribution in [0.5, 0.6) is 11.5 Å². The molecule has 0 saturated carbocycles. The van der Waals surface area contributed by atoms with Crippen LogP contribution in [-0.4, -0.2) is 29.1 Å². The molecule has 2 N–H and O–H groups in total. The number of ether oxygens (including phenoxy) is 2. The second-order valence-electron chi connectivity index (χ2n) is 5.82. The van der Waals surface area contributed by atoms with E-state index in [1.54, 1.807) is 18.2 Å². The lowest BCUT2D eigenvalue weighted by Gasteiger charge is -2.19. The maximum atomic E-state index is 13.6. The van der Waals surface area contributed by atoms with Crippen molar-refractivity contribution in [2.45, 2.75) is 0 Å². The highest BCUT2D eigenvalue weighted by Gasteiger charge is 2.15. The van der Waals surface area contributed by atoms with Crippen molar-refractivity contribution in [3.8, 4) is 11.5 Å². The van der Waals surface area contributed by atoms with Crippen molar-refractivity contribution in [2.75, 3.05) is 23.8 Å². The van der Waals surface area contributed by atoms with E-state index in [0.29, 0.717) is 36.2 Å². The van der Waals surface area contributed by atoms with Crippen LogP contribution in [0.15, 0.2) is 48.8 Å². The van der Waals surface area contributed by atoms with Gasteiger partial charge in [0.25, 0.3) is 5.91 Å². The molecule has 28 heavy (non-hydrogen) atoms. The lowest BCUT2D eigenvalue weighted by Crippen LogP contribution is -2.16. The molecule has 1 aromatic heterocycles. The first-order valence-electron chi connectivity index (χ1n) is 8.34. The van der Waals surface area contributed by atoms with Gasteiger partial charge in [0.2, 0.25) is 0 Å². The third kappa shape index (κ3) is 3.68. The minimum Gasteiger partial charge on any atom is -0.486 e. The van der Waals surface area contributed by atoms with E-state index < -0.39 is 23.2 Å². The Kier molecular flexibility index (Phi) is 4.71. The van der Waals surface area contributed by atoms with Gasteiger partial charge in [0.05, 0.1) is 12.4 Å². The maximum absolute atomic E-state index is 13.6. The second-order valence-corrected chi connectivity index (χ2v) is 5.82. The Labute approximate surface area is 158 Å². The molecular weight excluding hydrogens is 370 g/mol. The Morgan fingerprint density at radius 2 is 1.71 bits per heavy atom. The number of nitrogens with one attached hydrogen (secondary N) is 2. The highest BCUT2D eigenvalue weighted by molar-refractivity contribution is 6.02. The van der Waals surface area contributed by atoms with Crippen molar-refractivity contribution in [2.24, 2.45) is 0 Å². The molecule has 1 aliphatic heterocycles. The number of amides is 1. The van der Waals surface area contributed by atoms with E-state index in [1.807, 2.05) is 0 Å². The SMILES string of the molecule is O=C(Nc1c(F)cccc1F)c1cnc(Nc2ccc3c(c2)OCCO3)cn1. The molecule has 0 aliphatic carbocycles. The molecular formula is C19H14F2N4O3. The molecule has 2 heterocycles. The molecule has 0 unspecified atom stereocenters. The number of nitrogens with zero attached hydrogens (tertiary/aromatic N) is 2. The third-order valence-corrected chi connectivity index (χ3v) is 3.90. The number of carbonyl (C=O) groups excluding carboxylic acids is 1. The zero-order valence-corrected chi connectivity index (χ0v) is 14.4. The summed E-state index contributed by atoms with van der Waals surface area (Å²) < 4.78 is 38.2. The molecule has 0 atom stereocenters. The number of fused-ring (bicyclic) bond motifs is 1. The van der Waals surface area contributed by atoms with Crippen LogP contribution < -0.4 is 20.1 Å². The monoisotopic (exact) mass is 384 g/mol. The summed E-state index contributed by atoms with van der Waals surface area (Å²) in [6, 6.07) is 8.62. The number of carbonyl (C=O) groups is 1. The summed E-state index contributed by atoms with van der Waals surface area (Å²) in [6.07, 6.45) is 2.54. The molecule has 7 nitrogen and oxygen atoms in total. The molecule has 1 amide bonds. The van der Waals surface area contributed by atoms with Gasteiger partial charge in [-0.05, 0) is 24.3 Å². The number of para-hydroxylation sites is 1. The van der Waals surface area contributed by atoms with Gasteiger partial charge in [0, 0.05) is 11.8 Å². The molecule has 142 valence electrons.